The molecule has 15 heavy (non-hydrogen) atoms. The second kappa shape index (κ2) is 4.06. The van der Waals surface area contributed by atoms with Crippen LogP contribution >= 0.6 is 0 Å². The van der Waals surface area contributed by atoms with Gasteiger partial charge in [0.25, 0.3) is 0 Å². The van der Waals surface area contributed by atoms with Crippen molar-refractivity contribution in [1.29, 1.82) is 0 Å². The summed E-state index contributed by atoms with van der Waals surface area (Å²) < 4.78 is 22.2. The molecule has 2 aliphatic rings. The van der Waals surface area contributed by atoms with Crippen LogP contribution in [0.2, 0.25) is 0 Å². The maximum absolute atomic E-state index is 11.1. The Morgan fingerprint density at radius 1 is 1.27 bits per heavy atom. The van der Waals surface area contributed by atoms with Gasteiger partial charge in [0, 0.05) is 12.3 Å². The number of fused-ring (bicyclic) bond motifs is 1. The molecule has 0 spiro atoms. The molecule has 0 aliphatic heterocycles. The lowest BCUT2D eigenvalue weighted by Crippen LogP contribution is -2.34. The van der Waals surface area contributed by atoms with Crippen LogP contribution in [0.5, 0.6) is 0 Å². The van der Waals surface area contributed by atoms with Crippen LogP contribution in [0.15, 0.2) is 0 Å². The lowest BCUT2D eigenvalue weighted by atomic mass is 9.93. The molecule has 0 aromatic rings. The SMILES string of the molecule is CNC(CCS(C)(=O)=O)C1CC2CC2C1. The normalized spacial score (nSPS) is 36.3. The van der Waals surface area contributed by atoms with Gasteiger partial charge in [-0.15, -0.1) is 0 Å². The third-order valence-corrected chi connectivity index (χ3v) is 5.00. The minimum Gasteiger partial charge on any atom is -0.317 e. The average Bonchev–Trinajstić information content (AvgIpc) is 2.73. The molecule has 0 aromatic carbocycles. The van der Waals surface area contributed by atoms with E-state index < -0.39 is 9.84 Å². The van der Waals surface area contributed by atoms with Crippen molar-refractivity contribution in [2.24, 2.45) is 17.8 Å². The summed E-state index contributed by atoms with van der Waals surface area (Å²) >= 11 is 0. The van der Waals surface area contributed by atoms with Crippen LogP contribution in [0.25, 0.3) is 0 Å². The quantitative estimate of drug-likeness (QED) is 0.769. The zero-order valence-electron chi connectivity index (χ0n) is 9.57. The van der Waals surface area contributed by atoms with Crippen LogP contribution in [-0.2, 0) is 9.84 Å². The van der Waals surface area contributed by atoms with E-state index in [1.54, 1.807) is 0 Å². The highest BCUT2D eigenvalue weighted by molar-refractivity contribution is 7.90. The molecule has 2 rings (SSSR count). The number of nitrogens with one attached hydrogen (secondary N) is 1. The summed E-state index contributed by atoms with van der Waals surface area (Å²) in [6, 6.07) is 0.410. The van der Waals surface area contributed by atoms with Crippen LogP contribution in [0, 0.1) is 17.8 Å². The van der Waals surface area contributed by atoms with E-state index in [9.17, 15) is 8.42 Å². The second-order valence-corrected chi connectivity index (χ2v) is 7.56. The van der Waals surface area contributed by atoms with Crippen LogP contribution < -0.4 is 5.32 Å². The molecule has 0 saturated heterocycles. The fourth-order valence-corrected chi connectivity index (χ4v) is 3.73. The van der Waals surface area contributed by atoms with Crippen molar-refractivity contribution in [2.75, 3.05) is 19.1 Å². The molecular formula is C11H21NO2S. The molecule has 2 aliphatic carbocycles. The van der Waals surface area contributed by atoms with Crippen LogP contribution in [0.4, 0.5) is 0 Å². The highest BCUT2D eigenvalue weighted by Gasteiger charge is 2.47. The van der Waals surface area contributed by atoms with Gasteiger partial charge in [0.15, 0.2) is 0 Å². The highest BCUT2D eigenvalue weighted by Crippen LogP contribution is 2.55. The third kappa shape index (κ3) is 2.94. The molecule has 1 N–H and O–H groups in total. The lowest BCUT2D eigenvalue weighted by molar-refractivity contribution is 0.343. The van der Waals surface area contributed by atoms with Gasteiger partial charge in [-0.25, -0.2) is 8.42 Å². The Morgan fingerprint density at radius 2 is 1.87 bits per heavy atom. The average molecular weight is 231 g/mol. The number of sulfone groups is 1. The van der Waals surface area contributed by atoms with Gasteiger partial charge in [0.1, 0.15) is 9.84 Å². The highest BCUT2D eigenvalue weighted by atomic mass is 32.2. The van der Waals surface area contributed by atoms with Crippen molar-refractivity contribution in [3.05, 3.63) is 0 Å². The van der Waals surface area contributed by atoms with Crippen molar-refractivity contribution in [1.82, 2.24) is 5.32 Å². The first kappa shape index (κ1) is 11.4. The largest absolute Gasteiger partial charge is 0.317 e. The van der Waals surface area contributed by atoms with Gasteiger partial charge in [-0.2, -0.15) is 0 Å². The van der Waals surface area contributed by atoms with Gasteiger partial charge in [-0.1, -0.05) is 0 Å². The third-order valence-electron chi connectivity index (χ3n) is 4.02. The Kier molecular flexibility index (Phi) is 3.08. The second-order valence-electron chi connectivity index (χ2n) is 5.30. The standard InChI is InChI=1S/C11H21NO2S/c1-12-11(3-4-15(2,13)14)10-6-8-5-9(8)7-10/h8-12H,3-7H2,1-2H3. The van der Waals surface area contributed by atoms with Crippen molar-refractivity contribution < 1.29 is 8.42 Å². The van der Waals surface area contributed by atoms with Crippen LogP contribution in [0.3, 0.4) is 0 Å². The summed E-state index contributed by atoms with van der Waals surface area (Å²) in [6.45, 7) is 0. The molecule has 3 atom stereocenters. The molecule has 88 valence electrons. The fraction of sp³-hybridized carbons (Fsp3) is 1.00. The molecule has 4 heteroatoms. The van der Waals surface area contributed by atoms with E-state index in [2.05, 4.69) is 5.32 Å². The molecule has 3 nitrogen and oxygen atoms in total. The summed E-state index contributed by atoms with van der Waals surface area (Å²) in [4.78, 5) is 0. The lowest BCUT2D eigenvalue weighted by Gasteiger charge is -2.23. The first-order valence-electron chi connectivity index (χ1n) is 5.84. The van der Waals surface area contributed by atoms with E-state index in [0.717, 1.165) is 24.2 Å². The van der Waals surface area contributed by atoms with Crippen molar-refractivity contribution in [3.8, 4) is 0 Å². The first-order valence-corrected chi connectivity index (χ1v) is 7.90. The van der Waals surface area contributed by atoms with E-state index in [4.69, 9.17) is 0 Å². The van der Waals surface area contributed by atoms with Crippen molar-refractivity contribution in [2.45, 2.75) is 31.7 Å². The van der Waals surface area contributed by atoms with Crippen LogP contribution in [-0.4, -0.2) is 33.5 Å². The zero-order chi connectivity index (χ0) is 11.1. The van der Waals surface area contributed by atoms with E-state index >= 15 is 0 Å². The summed E-state index contributed by atoms with van der Waals surface area (Å²) in [7, 11) is -0.846. The van der Waals surface area contributed by atoms with Crippen LogP contribution in [0.1, 0.15) is 25.7 Å². The Bertz CT molecular complexity index is 315. The Hall–Kier alpha value is -0.0900. The van der Waals surface area contributed by atoms with E-state index in [1.807, 2.05) is 7.05 Å². The molecule has 2 saturated carbocycles. The topological polar surface area (TPSA) is 46.2 Å². The predicted molar refractivity (Wildman–Crippen MR) is 61.5 cm³/mol. The smallest absolute Gasteiger partial charge is 0.147 e. The molecule has 2 fully saturated rings. The molecule has 0 radical (unpaired) electrons. The number of hydrogen-bond donors (Lipinski definition) is 1. The summed E-state index contributed by atoms with van der Waals surface area (Å²) in [5, 5.41) is 3.29. The van der Waals surface area contributed by atoms with Gasteiger partial charge >= 0.3 is 0 Å². The molecule has 0 bridgehead atoms. The summed E-state index contributed by atoms with van der Waals surface area (Å²) in [5.41, 5.74) is 0. The molecule has 0 amide bonds. The molecule has 3 unspecified atom stereocenters. The first-order chi connectivity index (χ1) is 6.99. The van der Waals surface area contributed by atoms with Crippen molar-refractivity contribution >= 4 is 9.84 Å². The Morgan fingerprint density at radius 3 is 2.33 bits per heavy atom. The van der Waals surface area contributed by atoms with Gasteiger partial charge < -0.3 is 5.32 Å². The fourth-order valence-electron chi connectivity index (χ4n) is 3.05. The summed E-state index contributed by atoms with van der Waals surface area (Å²) in [6.07, 6.45) is 6.17. The maximum atomic E-state index is 11.1. The van der Waals surface area contributed by atoms with Gasteiger partial charge in [-0.05, 0) is 50.5 Å². The predicted octanol–water partition coefficient (Wildman–Crippen LogP) is 1.06. The molecule has 0 aromatic heterocycles. The van der Waals surface area contributed by atoms with E-state index in [0.29, 0.717) is 11.8 Å². The van der Waals surface area contributed by atoms with Gasteiger partial charge in [0.05, 0.1) is 5.75 Å². The number of rotatable bonds is 5. The summed E-state index contributed by atoms with van der Waals surface area (Å²) in [5.74, 6) is 3.00. The molecule has 0 heterocycles. The van der Waals surface area contributed by atoms with Crippen molar-refractivity contribution in [3.63, 3.8) is 0 Å². The Labute approximate surface area is 92.6 Å². The van der Waals surface area contributed by atoms with Gasteiger partial charge in [-0.3, -0.25) is 0 Å². The minimum atomic E-state index is -2.80. The van der Waals surface area contributed by atoms with Gasteiger partial charge in [0.2, 0.25) is 0 Å². The zero-order valence-corrected chi connectivity index (χ0v) is 10.4. The molecular weight excluding hydrogens is 210 g/mol. The van der Waals surface area contributed by atoms with E-state index in [-0.39, 0.29) is 0 Å². The number of hydrogen-bond acceptors (Lipinski definition) is 3. The maximum Gasteiger partial charge on any atom is 0.147 e. The van der Waals surface area contributed by atoms with E-state index in [1.165, 1.54) is 25.5 Å². The minimum absolute atomic E-state index is 0.324. The monoisotopic (exact) mass is 231 g/mol. The Balaban J connectivity index is 1.82.